The highest BCUT2D eigenvalue weighted by Gasteiger charge is 2.28. The molecule has 0 saturated carbocycles. The second kappa shape index (κ2) is 14.0. The number of fused-ring (bicyclic) bond motifs is 1. The van der Waals surface area contributed by atoms with E-state index in [0.717, 1.165) is 11.1 Å². The van der Waals surface area contributed by atoms with Crippen LogP contribution >= 0.6 is 0 Å². The highest BCUT2D eigenvalue weighted by molar-refractivity contribution is 7.90. The molecule has 7 rings (SSSR count). The summed E-state index contributed by atoms with van der Waals surface area (Å²) >= 11 is 0. The highest BCUT2D eigenvalue weighted by Crippen LogP contribution is 2.37. The fourth-order valence-electron chi connectivity index (χ4n) is 6.30. The van der Waals surface area contributed by atoms with Gasteiger partial charge in [0, 0.05) is 78.6 Å². The number of amides is 1. The number of methoxy groups -OCH3 is 1. The fourth-order valence-corrected chi connectivity index (χ4v) is 7.62. The minimum atomic E-state index is -4.03. The Labute approximate surface area is 307 Å². The molecular weight excluding hydrogens is 698 g/mol. The van der Waals surface area contributed by atoms with Gasteiger partial charge < -0.3 is 19.3 Å². The van der Waals surface area contributed by atoms with Crippen molar-refractivity contribution in [2.24, 2.45) is 0 Å². The number of hydrogen-bond acceptors (Lipinski definition) is 9. The average Bonchev–Trinajstić information content (AvgIpc) is 3.75. The first-order valence-corrected chi connectivity index (χ1v) is 18.6. The van der Waals surface area contributed by atoms with Crippen LogP contribution in [0.25, 0.3) is 33.3 Å². The summed E-state index contributed by atoms with van der Waals surface area (Å²) in [6.45, 7) is 9.82. The van der Waals surface area contributed by atoms with Gasteiger partial charge in [-0.3, -0.25) is 4.68 Å². The van der Waals surface area contributed by atoms with E-state index in [4.69, 9.17) is 19.4 Å². The number of halogens is 1. The Bertz CT molecular complexity index is 2410. The molecule has 4 aromatic heterocycles. The normalized spacial score (nSPS) is 13.8. The van der Waals surface area contributed by atoms with Gasteiger partial charge in [-0.2, -0.15) is 5.10 Å². The number of aromatic nitrogens is 5. The number of pyridine rings is 2. The monoisotopic (exact) mass is 737 g/mol. The molecule has 274 valence electrons. The highest BCUT2D eigenvalue weighted by atomic mass is 32.2. The van der Waals surface area contributed by atoms with Crippen molar-refractivity contribution < 1.29 is 27.1 Å². The predicted octanol–water partition coefficient (Wildman–Crippen LogP) is 6.76. The predicted molar refractivity (Wildman–Crippen MR) is 200 cm³/mol. The van der Waals surface area contributed by atoms with Crippen LogP contribution in [0.15, 0.2) is 96.5 Å². The molecule has 0 radical (unpaired) electrons. The molecule has 5 heterocycles. The molecule has 1 aliphatic rings. The van der Waals surface area contributed by atoms with E-state index in [1.54, 1.807) is 78.0 Å². The van der Waals surface area contributed by atoms with E-state index in [-0.39, 0.29) is 22.5 Å². The van der Waals surface area contributed by atoms with Crippen LogP contribution in [0.2, 0.25) is 0 Å². The van der Waals surface area contributed by atoms with Crippen molar-refractivity contribution >= 4 is 33.0 Å². The maximum absolute atomic E-state index is 14.0. The van der Waals surface area contributed by atoms with Crippen LogP contribution < -0.4 is 9.64 Å². The van der Waals surface area contributed by atoms with E-state index in [1.165, 1.54) is 16.1 Å². The second-order valence-corrected chi connectivity index (χ2v) is 15.8. The van der Waals surface area contributed by atoms with Crippen molar-refractivity contribution in [2.75, 3.05) is 38.2 Å². The number of aryl methyl sites for hydroxylation is 1. The minimum Gasteiger partial charge on any atom is -0.493 e. The van der Waals surface area contributed by atoms with Crippen molar-refractivity contribution in [3.8, 4) is 28.0 Å². The molecule has 0 atom stereocenters. The number of rotatable bonds is 8. The fraction of sp³-hybridized carbons (Fsp3) is 0.282. The van der Waals surface area contributed by atoms with E-state index in [9.17, 15) is 17.6 Å². The van der Waals surface area contributed by atoms with Crippen molar-refractivity contribution in [2.45, 2.75) is 44.7 Å². The Morgan fingerprint density at radius 3 is 2.30 bits per heavy atom. The van der Waals surface area contributed by atoms with Gasteiger partial charge in [0.1, 0.15) is 11.4 Å². The molecule has 14 heteroatoms. The topological polar surface area (TPSA) is 125 Å². The third-order valence-corrected chi connectivity index (χ3v) is 10.6. The van der Waals surface area contributed by atoms with Gasteiger partial charge in [0.25, 0.3) is 10.0 Å². The number of benzene rings is 2. The zero-order valence-electron chi connectivity index (χ0n) is 30.2. The molecule has 1 fully saturated rings. The van der Waals surface area contributed by atoms with Crippen LogP contribution in [0.3, 0.4) is 0 Å². The summed E-state index contributed by atoms with van der Waals surface area (Å²) in [6.07, 6.45) is 8.05. The standard InChI is InChI=1S/C39H40FN7O5S/c1-26-9-11-32(12-10-26)53(49,50)47-25-34(30-22-43-46(24-30)23-27-7-6-8-31(40)17-27)33-18-28(20-41-36(33)47)29-19-35(51-5)37(42-21-29)44-13-15-45(16-14-44)38(48)52-39(2,3)4/h6-12,17-22,24-25H,13-16,23H2,1-5H3. The van der Waals surface area contributed by atoms with Crippen LogP contribution in [0.4, 0.5) is 15.0 Å². The third kappa shape index (κ3) is 7.45. The summed E-state index contributed by atoms with van der Waals surface area (Å²) in [7, 11) is -2.44. The first-order valence-electron chi connectivity index (χ1n) is 17.2. The van der Waals surface area contributed by atoms with Crippen molar-refractivity contribution in [1.82, 2.24) is 28.6 Å². The van der Waals surface area contributed by atoms with Crippen LogP contribution in [0.5, 0.6) is 5.75 Å². The third-order valence-electron chi connectivity index (χ3n) is 8.98. The van der Waals surface area contributed by atoms with E-state index >= 15 is 0 Å². The molecule has 12 nitrogen and oxygen atoms in total. The van der Waals surface area contributed by atoms with Crippen LogP contribution in [-0.2, 0) is 21.3 Å². The van der Waals surface area contributed by atoms with E-state index < -0.39 is 15.6 Å². The lowest BCUT2D eigenvalue weighted by molar-refractivity contribution is 0.0240. The number of anilines is 1. The summed E-state index contributed by atoms with van der Waals surface area (Å²) in [6, 6.07) is 16.7. The Kier molecular flexibility index (Phi) is 9.41. The molecule has 0 spiro atoms. The summed E-state index contributed by atoms with van der Waals surface area (Å²) in [4.78, 5) is 26.0. The van der Waals surface area contributed by atoms with Crippen LogP contribution in [0, 0.1) is 12.7 Å². The Hall–Kier alpha value is -5.76. The Morgan fingerprint density at radius 1 is 0.887 bits per heavy atom. The summed E-state index contributed by atoms with van der Waals surface area (Å²) < 4.78 is 56.2. The molecule has 1 amide bonds. The van der Waals surface area contributed by atoms with E-state index in [1.807, 2.05) is 45.9 Å². The molecular formula is C39H40FN7O5S. The Morgan fingerprint density at radius 2 is 1.60 bits per heavy atom. The van der Waals surface area contributed by atoms with Gasteiger partial charge in [0.05, 0.1) is 24.7 Å². The number of carbonyl (C=O) groups excluding carboxylic acids is 1. The molecule has 0 aliphatic carbocycles. The zero-order valence-corrected chi connectivity index (χ0v) is 31.0. The van der Waals surface area contributed by atoms with Crippen molar-refractivity contribution in [1.29, 1.82) is 0 Å². The Balaban J connectivity index is 1.24. The summed E-state index contributed by atoms with van der Waals surface area (Å²) in [5, 5.41) is 5.09. The number of carbonyl (C=O) groups is 1. The molecule has 0 bridgehead atoms. The van der Waals surface area contributed by atoms with Crippen molar-refractivity contribution in [3.05, 3.63) is 109 Å². The quantitative estimate of drug-likeness (QED) is 0.167. The molecule has 0 N–H and O–H groups in total. The number of ether oxygens (including phenoxy) is 2. The largest absolute Gasteiger partial charge is 0.493 e. The van der Waals surface area contributed by atoms with Gasteiger partial charge >= 0.3 is 6.09 Å². The van der Waals surface area contributed by atoms with Gasteiger partial charge in [-0.25, -0.2) is 31.5 Å². The average molecular weight is 738 g/mol. The summed E-state index contributed by atoms with van der Waals surface area (Å²) in [5.41, 5.74) is 4.04. The lowest BCUT2D eigenvalue weighted by Crippen LogP contribution is -2.50. The van der Waals surface area contributed by atoms with E-state index in [0.29, 0.717) is 71.9 Å². The van der Waals surface area contributed by atoms with Crippen LogP contribution in [-0.4, -0.2) is 82.0 Å². The summed E-state index contributed by atoms with van der Waals surface area (Å²) in [5.74, 6) is 0.861. The van der Waals surface area contributed by atoms with Crippen molar-refractivity contribution in [3.63, 3.8) is 0 Å². The minimum absolute atomic E-state index is 0.135. The van der Waals surface area contributed by atoms with Crippen LogP contribution in [0.1, 0.15) is 31.9 Å². The lowest BCUT2D eigenvalue weighted by Gasteiger charge is -2.36. The molecule has 0 unspecified atom stereocenters. The maximum Gasteiger partial charge on any atom is 0.410 e. The first-order chi connectivity index (χ1) is 25.3. The number of piperazine rings is 1. The molecule has 2 aromatic carbocycles. The van der Waals surface area contributed by atoms with Gasteiger partial charge in [-0.1, -0.05) is 29.8 Å². The molecule has 53 heavy (non-hydrogen) atoms. The van der Waals surface area contributed by atoms with E-state index in [2.05, 4.69) is 10.00 Å². The lowest BCUT2D eigenvalue weighted by atomic mass is 10.0. The zero-order chi connectivity index (χ0) is 37.5. The maximum atomic E-state index is 14.0. The molecule has 1 aliphatic heterocycles. The number of hydrogen-bond donors (Lipinski definition) is 0. The molecule has 6 aromatic rings. The van der Waals surface area contributed by atoms with Gasteiger partial charge in [-0.05, 0) is 69.7 Å². The second-order valence-electron chi connectivity index (χ2n) is 14.0. The van der Waals surface area contributed by atoms with Gasteiger partial charge in [0.2, 0.25) is 0 Å². The van der Waals surface area contributed by atoms with Gasteiger partial charge in [0.15, 0.2) is 17.2 Å². The first kappa shape index (κ1) is 35.6. The SMILES string of the molecule is COc1cc(-c2cnc3c(c2)c(-c2cnn(Cc4cccc(F)c4)c2)cn3S(=O)(=O)c2ccc(C)cc2)cnc1N1CCN(C(=O)OC(C)(C)C)CC1. The number of nitrogens with zero attached hydrogens (tertiary/aromatic N) is 7. The van der Waals surface area contributed by atoms with Gasteiger partial charge in [-0.15, -0.1) is 0 Å². The molecule has 1 saturated heterocycles. The smallest absolute Gasteiger partial charge is 0.410 e.